The van der Waals surface area contributed by atoms with Gasteiger partial charge in [-0.15, -0.1) is 0 Å². The van der Waals surface area contributed by atoms with E-state index in [0.717, 1.165) is 14.7 Å². The molecule has 1 amide bonds. The number of aromatic hydroxyl groups is 1. The van der Waals surface area contributed by atoms with E-state index in [1.54, 1.807) is 35.5 Å². The molecule has 1 aliphatic rings. The summed E-state index contributed by atoms with van der Waals surface area (Å²) in [7, 11) is 0. The van der Waals surface area contributed by atoms with Crippen molar-refractivity contribution in [3.05, 3.63) is 62.3 Å². The van der Waals surface area contributed by atoms with Crippen molar-refractivity contribution in [2.75, 3.05) is 0 Å². The molecular weight excluding hydrogens is 443 g/mol. The van der Waals surface area contributed by atoms with Crippen LogP contribution in [0.4, 0.5) is 0 Å². The van der Waals surface area contributed by atoms with Crippen LogP contribution >= 0.6 is 46.6 Å². The van der Waals surface area contributed by atoms with Crippen LogP contribution in [0.25, 0.3) is 6.08 Å². The van der Waals surface area contributed by atoms with Crippen molar-refractivity contribution in [3.63, 3.8) is 0 Å². The van der Waals surface area contributed by atoms with Gasteiger partial charge in [-0.2, -0.15) is 0 Å². The summed E-state index contributed by atoms with van der Waals surface area (Å²) in [5, 5.41) is 9.57. The minimum Gasteiger partial charge on any atom is -0.507 e. The van der Waals surface area contributed by atoms with E-state index < -0.39 is 0 Å². The minimum absolute atomic E-state index is 0.105. The zero-order valence-electron chi connectivity index (χ0n) is 11.8. The number of halogens is 1. The SMILES string of the molecule is O=C1C(=Cc2ccc(O)c(I)c2)SC(=S)N1Cc1cccnc1. The third-order valence-corrected chi connectivity index (χ3v) is 5.45. The molecule has 3 rings (SSSR count). The number of hydrogen-bond donors (Lipinski definition) is 1. The Labute approximate surface area is 156 Å². The van der Waals surface area contributed by atoms with Crippen LogP contribution in [-0.4, -0.2) is 25.2 Å². The molecule has 1 fully saturated rings. The van der Waals surface area contributed by atoms with Gasteiger partial charge in [-0.25, -0.2) is 0 Å². The van der Waals surface area contributed by atoms with Gasteiger partial charge >= 0.3 is 0 Å². The molecule has 116 valence electrons. The molecule has 0 aliphatic carbocycles. The number of carbonyl (C=O) groups is 1. The Morgan fingerprint density at radius 3 is 2.91 bits per heavy atom. The van der Waals surface area contributed by atoms with E-state index in [4.69, 9.17) is 12.2 Å². The predicted octanol–water partition coefficient (Wildman–Crippen LogP) is 3.79. The smallest absolute Gasteiger partial charge is 0.266 e. The first-order valence-electron chi connectivity index (χ1n) is 6.67. The van der Waals surface area contributed by atoms with Crippen molar-refractivity contribution in [2.24, 2.45) is 0 Å². The van der Waals surface area contributed by atoms with Crippen molar-refractivity contribution in [2.45, 2.75) is 6.54 Å². The van der Waals surface area contributed by atoms with Crippen LogP contribution in [0.5, 0.6) is 5.75 Å². The van der Waals surface area contributed by atoms with E-state index >= 15 is 0 Å². The number of hydrogen-bond acceptors (Lipinski definition) is 5. The molecule has 2 aromatic rings. The minimum atomic E-state index is -0.105. The van der Waals surface area contributed by atoms with E-state index in [9.17, 15) is 9.90 Å². The molecule has 1 aromatic carbocycles. The van der Waals surface area contributed by atoms with Gasteiger partial charge in [0, 0.05) is 12.4 Å². The number of amides is 1. The lowest BCUT2D eigenvalue weighted by molar-refractivity contribution is -0.122. The lowest BCUT2D eigenvalue weighted by Gasteiger charge is -2.13. The van der Waals surface area contributed by atoms with Crippen LogP contribution in [0.2, 0.25) is 0 Å². The fraction of sp³-hybridized carbons (Fsp3) is 0.0625. The van der Waals surface area contributed by atoms with Gasteiger partial charge in [0.1, 0.15) is 10.1 Å². The number of phenolic OH excluding ortho intramolecular Hbond substituents is 1. The number of thiocarbonyl (C=S) groups is 1. The van der Waals surface area contributed by atoms with Crippen LogP contribution in [-0.2, 0) is 11.3 Å². The van der Waals surface area contributed by atoms with Crippen LogP contribution in [0, 0.1) is 3.57 Å². The van der Waals surface area contributed by atoms with Crippen LogP contribution in [0.1, 0.15) is 11.1 Å². The van der Waals surface area contributed by atoms with Crippen molar-refractivity contribution in [1.82, 2.24) is 9.88 Å². The molecule has 1 aromatic heterocycles. The maximum Gasteiger partial charge on any atom is 0.266 e. The van der Waals surface area contributed by atoms with E-state index in [2.05, 4.69) is 27.6 Å². The van der Waals surface area contributed by atoms with Gasteiger partial charge in [0.15, 0.2) is 0 Å². The number of rotatable bonds is 3. The Hall–Kier alpha value is -1.45. The van der Waals surface area contributed by atoms with Gasteiger partial charge in [-0.1, -0.05) is 36.1 Å². The maximum atomic E-state index is 12.6. The Bertz CT molecular complexity index is 809. The summed E-state index contributed by atoms with van der Waals surface area (Å²) in [5.74, 6) is 0.124. The number of phenols is 1. The molecule has 2 heterocycles. The van der Waals surface area contributed by atoms with Gasteiger partial charge in [0.25, 0.3) is 5.91 Å². The highest BCUT2D eigenvalue weighted by Crippen LogP contribution is 2.34. The molecule has 0 bridgehead atoms. The van der Waals surface area contributed by atoms with E-state index in [1.807, 2.05) is 18.2 Å². The van der Waals surface area contributed by atoms with Crippen LogP contribution < -0.4 is 0 Å². The lowest BCUT2D eigenvalue weighted by Crippen LogP contribution is -2.27. The van der Waals surface area contributed by atoms with Gasteiger partial charge in [0.2, 0.25) is 0 Å². The summed E-state index contributed by atoms with van der Waals surface area (Å²) in [5.41, 5.74) is 1.79. The predicted molar refractivity (Wildman–Crippen MR) is 104 cm³/mol. The van der Waals surface area contributed by atoms with E-state index in [0.29, 0.717) is 15.8 Å². The fourth-order valence-electron chi connectivity index (χ4n) is 2.07. The third-order valence-electron chi connectivity index (χ3n) is 3.21. The number of thioether (sulfide) groups is 1. The summed E-state index contributed by atoms with van der Waals surface area (Å²) < 4.78 is 1.28. The Balaban J connectivity index is 1.83. The highest BCUT2D eigenvalue weighted by Gasteiger charge is 2.31. The summed E-state index contributed by atoms with van der Waals surface area (Å²) in [6.07, 6.45) is 5.22. The molecule has 0 unspecified atom stereocenters. The van der Waals surface area contributed by atoms with Crippen molar-refractivity contribution in [3.8, 4) is 5.75 Å². The molecule has 1 aliphatic heterocycles. The van der Waals surface area contributed by atoms with Crippen LogP contribution in [0.15, 0.2) is 47.6 Å². The second-order valence-corrected chi connectivity index (χ2v) is 7.68. The molecule has 7 heteroatoms. The fourth-order valence-corrected chi connectivity index (χ4v) is 3.87. The average Bonchev–Trinajstić information content (AvgIpc) is 2.80. The molecule has 0 radical (unpaired) electrons. The Kier molecular flexibility index (Phi) is 4.98. The normalized spacial score (nSPS) is 16.4. The largest absolute Gasteiger partial charge is 0.507 e. The number of pyridine rings is 1. The number of nitrogens with zero attached hydrogens (tertiary/aromatic N) is 2. The second-order valence-electron chi connectivity index (χ2n) is 4.84. The molecular formula is C16H11IN2O2S2. The third kappa shape index (κ3) is 3.73. The number of aromatic nitrogens is 1. The number of benzene rings is 1. The van der Waals surface area contributed by atoms with Gasteiger partial charge in [-0.3, -0.25) is 14.7 Å². The summed E-state index contributed by atoms with van der Waals surface area (Å²) in [4.78, 5) is 18.8. The molecule has 0 spiro atoms. The van der Waals surface area contributed by atoms with Gasteiger partial charge in [-0.05, 0) is 58.0 Å². The zero-order chi connectivity index (χ0) is 16.4. The molecule has 23 heavy (non-hydrogen) atoms. The van der Waals surface area contributed by atoms with Gasteiger partial charge in [0.05, 0.1) is 15.0 Å². The summed E-state index contributed by atoms with van der Waals surface area (Å²) >= 11 is 8.66. The summed E-state index contributed by atoms with van der Waals surface area (Å²) in [6.45, 7) is 0.420. The van der Waals surface area contributed by atoms with Crippen molar-refractivity contribution >= 4 is 62.9 Å². The molecule has 4 nitrogen and oxygen atoms in total. The quantitative estimate of drug-likeness (QED) is 0.435. The first-order valence-corrected chi connectivity index (χ1v) is 8.98. The monoisotopic (exact) mass is 454 g/mol. The topological polar surface area (TPSA) is 53.4 Å². The summed E-state index contributed by atoms with van der Waals surface area (Å²) in [6, 6.07) is 8.96. The molecule has 0 atom stereocenters. The Morgan fingerprint density at radius 2 is 2.22 bits per heavy atom. The van der Waals surface area contributed by atoms with E-state index in [1.165, 1.54) is 11.8 Å². The maximum absolute atomic E-state index is 12.6. The molecule has 1 saturated heterocycles. The molecule has 1 N–H and O–H groups in total. The molecule has 0 saturated carbocycles. The zero-order valence-corrected chi connectivity index (χ0v) is 15.6. The van der Waals surface area contributed by atoms with Gasteiger partial charge < -0.3 is 5.11 Å². The van der Waals surface area contributed by atoms with Crippen molar-refractivity contribution in [1.29, 1.82) is 0 Å². The highest BCUT2D eigenvalue weighted by atomic mass is 127. The van der Waals surface area contributed by atoms with E-state index in [-0.39, 0.29) is 11.7 Å². The van der Waals surface area contributed by atoms with Crippen molar-refractivity contribution < 1.29 is 9.90 Å². The standard InChI is InChI=1S/C16H11IN2O2S2/c17-12-6-10(3-4-13(12)20)7-14-15(21)19(16(22)23-14)9-11-2-1-5-18-8-11/h1-8,20H,9H2. The first kappa shape index (κ1) is 16.4. The highest BCUT2D eigenvalue weighted by molar-refractivity contribution is 14.1. The first-order chi connectivity index (χ1) is 11.0. The Morgan fingerprint density at radius 1 is 1.39 bits per heavy atom. The number of carbonyl (C=O) groups excluding carboxylic acids is 1. The lowest BCUT2D eigenvalue weighted by atomic mass is 10.2. The average molecular weight is 454 g/mol. The van der Waals surface area contributed by atoms with Crippen LogP contribution in [0.3, 0.4) is 0 Å². The second kappa shape index (κ2) is 6.98.